The normalized spacial score (nSPS) is 12.1. The number of carboxylic acid groups (broad SMARTS) is 1. The molecule has 1 atom stereocenters. The lowest BCUT2D eigenvalue weighted by molar-refractivity contribution is -0.139. The lowest BCUT2D eigenvalue weighted by atomic mass is 10.0. The Morgan fingerprint density at radius 2 is 1.71 bits per heavy atom. The Morgan fingerprint density at radius 3 is 2.51 bits per heavy atom. The van der Waals surface area contributed by atoms with Crippen LogP contribution in [0.2, 0.25) is 0 Å². The van der Waals surface area contributed by atoms with Crippen LogP contribution in [-0.2, 0) is 24.3 Å². The van der Waals surface area contributed by atoms with Gasteiger partial charge in [0.25, 0.3) is 0 Å². The number of H-pyrrole nitrogens is 1. The summed E-state index contributed by atoms with van der Waals surface area (Å²) >= 11 is 0. The van der Waals surface area contributed by atoms with Crippen molar-refractivity contribution >= 4 is 16.9 Å². The minimum absolute atomic E-state index is 0.289. The summed E-state index contributed by atoms with van der Waals surface area (Å²) in [5.41, 5.74) is 6.70. The Bertz CT molecular complexity index is 1450. The molecule has 0 fully saturated rings. The highest BCUT2D eigenvalue weighted by atomic mass is 16.4. The van der Waals surface area contributed by atoms with E-state index in [4.69, 9.17) is 10.2 Å². The van der Waals surface area contributed by atoms with Gasteiger partial charge in [0.15, 0.2) is 0 Å². The van der Waals surface area contributed by atoms with E-state index in [1.807, 2.05) is 72.9 Å². The molecule has 0 saturated carbocycles. The van der Waals surface area contributed by atoms with Crippen molar-refractivity contribution in [3.63, 3.8) is 0 Å². The minimum Gasteiger partial charge on any atom is -0.480 e. The highest BCUT2D eigenvalue weighted by molar-refractivity contribution is 5.84. The smallest absolute Gasteiger partial charge is 0.321 e. The number of para-hydroxylation sites is 1. The summed E-state index contributed by atoms with van der Waals surface area (Å²) in [6.45, 7) is 2.91. The van der Waals surface area contributed by atoms with Gasteiger partial charge in [-0.1, -0.05) is 72.8 Å². The van der Waals surface area contributed by atoms with E-state index in [0.29, 0.717) is 13.0 Å². The van der Waals surface area contributed by atoms with Crippen molar-refractivity contribution in [2.45, 2.75) is 32.5 Å². The third kappa shape index (κ3) is 5.00. The van der Waals surface area contributed by atoms with Crippen LogP contribution in [-0.4, -0.2) is 37.1 Å². The second-order valence-electron chi connectivity index (χ2n) is 8.65. The number of benzene rings is 3. The fourth-order valence-electron chi connectivity index (χ4n) is 4.32. The molecule has 0 aliphatic carbocycles. The van der Waals surface area contributed by atoms with Gasteiger partial charge >= 0.3 is 5.97 Å². The Kier molecular flexibility index (Phi) is 6.41. The molecule has 0 amide bonds. The maximum atomic E-state index is 12.1. The number of aromatic amines is 1. The van der Waals surface area contributed by atoms with Crippen molar-refractivity contribution in [2.75, 3.05) is 0 Å². The number of hydrogen-bond donors (Lipinski definition) is 3. The number of carboxylic acids is 1. The molecule has 176 valence electrons. The third-order valence-corrected chi connectivity index (χ3v) is 6.26. The molecule has 7 heteroatoms. The molecule has 7 nitrogen and oxygen atoms in total. The van der Waals surface area contributed by atoms with Crippen molar-refractivity contribution in [2.24, 2.45) is 0 Å². The fourth-order valence-corrected chi connectivity index (χ4v) is 4.32. The number of aromatic nitrogens is 4. The first-order chi connectivity index (χ1) is 17.1. The molecule has 3 N–H and O–H groups in total. The zero-order chi connectivity index (χ0) is 24.2. The molecule has 0 spiro atoms. The van der Waals surface area contributed by atoms with Crippen LogP contribution in [0.3, 0.4) is 0 Å². The maximum absolute atomic E-state index is 12.1. The van der Waals surface area contributed by atoms with Crippen LogP contribution >= 0.6 is 0 Å². The lowest BCUT2D eigenvalue weighted by Crippen LogP contribution is -2.38. The number of aryl methyl sites for hydroxylation is 1. The SMILES string of the molecule is Cc1ccccc1Cn1nc(CN[C@@H](Cc2c[nH]c3ccccc23)C(=O)O)c(-c2ccccc2)n1. The molecule has 0 unspecified atom stereocenters. The summed E-state index contributed by atoms with van der Waals surface area (Å²) in [5, 5.41) is 23.7. The van der Waals surface area contributed by atoms with E-state index in [2.05, 4.69) is 29.4 Å². The van der Waals surface area contributed by atoms with Crippen LogP contribution in [0.1, 0.15) is 22.4 Å². The summed E-state index contributed by atoms with van der Waals surface area (Å²) < 4.78 is 0. The molecule has 3 aromatic carbocycles. The summed E-state index contributed by atoms with van der Waals surface area (Å²) in [4.78, 5) is 17.0. The number of rotatable bonds is 9. The molecular formula is C28H27N5O2. The first-order valence-corrected chi connectivity index (χ1v) is 11.6. The number of nitrogens with zero attached hydrogens (tertiary/aromatic N) is 3. The molecule has 0 radical (unpaired) electrons. The largest absolute Gasteiger partial charge is 0.480 e. The highest BCUT2D eigenvalue weighted by Gasteiger charge is 2.21. The van der Waals surface area contributed by atoms with Gasteiger partial charge in [-0.05, 0) is 29.7 Å². The molecule has 5 rings (SSSR count). The Balaban J connectivity index is 1.40. The lowest BCUT2D eigenvalue weighted by Gasteiger charge is -2.13. The van der Waals surface area contributed by atoms with Gasteiger partial charge in [-0.2, -0.15) is 15.0 Å². The predicted octanol–water partition coefficient (Wildman–Crippen LogP) is 4.57. The molecule has 2 heterocycles. The van der Waals surface area contributed by atoms with Crippen molar-refractivity contribution < 1.29 is 9.90 Å². The third-order valence-electron chi connectivity index (χ3n) is 6.26. The monoisotopic (exact) mass is 465 g/mol. The predicted molar refractivity (Wildman–Crippen MR) is 136 cm³/mol. The number of nitrogens with one attached hydrogen (secondary N) is 2. The highest BCUT2D eigenvalue weighted by Crippen LogP contribution is 2.22. The number of hydrogen-bond acceptors (Lipinski definition) is 4. The van der Waals surface area contributed by atoms with E-state index in [-0.39, 0.29) is 6.54 Å². The van der Waals surface area contributed by atoms with Crippen LogP contribution in [0.25, 0.3) is 22.2 Å². The van der Waals surface area contributed by atoms with Crippen LogP contribution in [0.5, 0.6) is 0 Å². The standard InChI is InChI=1S/C28H27N5O2/c1-19-9-5-6-12-21(19)18-33-31-26(27(32-33)20-10-3-2-4-11-20)17-30-25(28(34)35)15-22-16-29-24-14-8-7-13-23(22)24/h2-14,16,25,29-30H,15,17-18H2,1H3,(H,34,35)/t25-/m0/s1. The van der Waals surface area contributed by atoms with Gasteiger partial charge in [0.05, 0.1) is 6.54 Å². The van der Waals surface area contributed by atoms with Gasteiger partial charge in [0.2, 0.25) is 0 Å². The van der Waals surface area contributed by atoms with Crippen LogP contribution < -0.4 is 5.32 Å². The zero-order valence-corrected chi connectivity index (χ0v) is 19.5. The molecule has 5 aromatic rings. The van der Waals surface area contributed by atoms with Crippen molar-refractivity contribution in [1.29, 1.82) is 0 Å². The van der Waals surface area contributed by atoms with Gasteiger partial charge in [0, 0.05) is 35.6 Å². The van der Waals surface area contributed by atoms with Crippen molar-refractivity contribution in [3.05, 3.63) is 107 Å². The minimum atomic E-state index is -0.899. The van der Waals surface area contributed by atoms with E-state index < -0.39 is 12.0 Å². The summed E-state index contributed by atoms with van der Waals surface area (Å²) in [6.07, 6.45) is 2.24. The molecule has 0 aliphatic rings. The van der Waals surface area contributed by atoms with Crippen LogP contribution in [0, 0.1) is 6.92 Å². The average Bonchev–Trinajstić information content (AvgIpc) is 3.47. The molecule has 0 saturated heterocycles. The van der Waals surface area contributed by atoms with Gasteiger partial charge in [-0.15, -0.1) is 0 Å². The summed E-state index contributed by atoms with van der Waals surface area (Å²) in [7, 11) is 0. The molecule has 0 aliphatic heterocycles. The molecule has 35 heavy (non-hydrogen) atoms. The Hall–Kier alpha value is -4.23. The van der Waals surface area contributed by atoms with Gasteiger partial charge < -0.3 is 10.1 Å². The second kappa shape index (κ2) is 9.95. The average molecular weight is 466 g/mol. The van der Waals surface area contributed by atoms with Crippen molar-refractivity contribution in [1.82, 2.24) is 25.3 Å². The number of fused-ring (bicyclic) bond motifs is 1. The number of carbonyl (C=O) groups is 1. The molecule has 2 aromatic heterocycles. The topological polar surface area (TPSA) is 95.8 Å². The van der Waals surface area contributed by atoms with E-state index in [9.17, 15) is 9.90 Å². The van der Waals surface area contributed by atoms with Crippen LogP contribution in [0.15, 0.2) is 85.1 Å². The molecule has 0 bridgehead atoms. The van der Waals surface area contributed by atoms with Gasteiger partial charge in [-0.3, -0.25) is 10.1 Å². The second-order valence-corrected chi connectivity index (χ2v) is 8.65. The van der Waals surface area contributed by atoms with E-state index in [0.717, 1.165) is 39.0 Å². The van der Waals surface area contributed by atoms with E-state index in [1.165, 1.54) is 5.56 Å². The summed E-state index contributed by atoms with van der Waals surface area (Å²) in [5.74, 6) is -0.899. The Morgan fingerprint density at radius 1 is 0.971 bits per heavy atom. The van der Waals surface area contributed by atoms with Gasteiger partial charge in [-0.25, -0.2) is 0 Å². The van der Waals surface area contributed by atoms with Crippen LogP contribution in [0.4, 0.5) is 0 Å². The quantitative estimate of drug-likeness (QED) is 0.296. The fraction of sp³-hybridized carbons (Fsp3) is 0.179. The summed E-state index contributed by atoms with van der Waals surface area (Å²) in [6, 6.07) is 25.2. The van der Waals surface area contributed by atoms with E-state index in [1.54, 1.807) is 4.80 Å². The first-order valence-electron chi connectivity index (χ1n) is 11.6. The Labute approximate surface area is 203 Å². The first kappa shape index (κ1) is 22.6. The van der Waals surface area contributed by atoms with E-state index >= 15 is 0 Å². The maximum Gasteiger partial charge on any atom is 0.321 e. The van der Waals surface area contributed by atoms with Gasteiger partial charge in [0.1, 0.15) is 17.4 Å². The van der Waals surface area contributed by atoms with Crippen molar-refractivity contribution in [3.8, 4) is 11.3 Å². The zero-order valence-electron chi connectivity index (χ0n) is 19.5. The number of aliphatic carboxylic acids is 1. The molecular weight excluding hydrogens is 438 g/mol.